The summed E-state index contributed by atoms with van der Waals surface area (Å²) in [5, 5.41) is 0. The molecule has 1 heterocycles. The number of allylic oxidation sites excluding steroid dienone is 1. The molecule has 0 fully saturated rings. The maximum Gasteiger partial charge on any atom is 0.0659 e. The van der Waals surface area contributed by atoms with Crippen LogP contribution in [0.2, 0.25) is 0 Å². The summed E-state index contributed by atoms with van der Waals surface area (Å²) in [6.07, 6.45) is 5.54. The standard InChI is InChI=1S/C24H30N2/c1-7-12-26-23-13-18(3)20(14-21(23)19(4)15-24(26,5)6)16-25-22-11-9-8-10-17(22)2/h8-11,13-16H,7,12H2,1-6H3. The first-order valence-electron chi connectivity index (χ1n) is 9.55. The molecule has 2 nitrogen and oxygen atoms in total. The predicted octanol–water partition coefficient (Wildman–Crippen LogP) is 6.47. The SMILES string of the molecule is CCCN1c2cc(C)c(C=Nc3ccccc3C)cc2C(C)=CC1(C)C. The number of para-hydroxylation sites is 1. The lowest BCUT2D eigenvalue weighted by molar-refractivity contribution is 0.550. The van der Waals surface area contributed by atoms with Gasteiger partial charge in [0.25, 0.3) is 0 Å². The number of fused-ring (bicyclic) bond motifs is 1. The molecule has 0 saturated heterocycles. The molecule has 2 heteroatoms. The average Bonchev–Trinajstić information content (AvgIpc) is 2.58. The quantitative estimate of drug-likeness (QED) is 0.580. The summed E-state index contributed by atoms with van der Waals surface area (Å²) in [6, 6.07) is 12.9. The van der Waals surface area contributed by atoms with E-state index in [4.69, 9.17) is 4.99 Å². The lowest BCUT2D eigenvalue weighted by atomic mass is 9.87. The highest BCUT2D eigenvalue weighted by atomic mass is 15.2. The zero-order valence-electron chi connectivity index (χ0n) is 16.9. The normalized spacial score (nSPS) is 15.9. The Balaban J connectivity index is 2.04. The maximum absolute atomic E-state index is 4.74. The van der Waals surface area contributed by atoms with Gasteiger partial charge >= 0.3 is 0 Å². The lowest BCUT2D eigenvalue weighted by Crippen LogP contribution is -2.45. The summed E-state index contributed by atoms with van der Waals surface area (Å²) < 4.78 is 0. The number of rotatable bonds is 4. The second-order valence-corrected chi connectivity index (χ2v) is 7.90. The van der Waals surface area contributed by atoms with Crippen molar-refractivity contribution in [3.63, 3.8) is 0 Å². The van der Waals surface area contributed by atoms with Gasteiger partial charge in [-0.25, -0.2) is 0 Å². The molecule has 0 aliphatic carbocycles. The first-order valence-corrected chi connectivity index (χ1v) is 9.55. The van der Waals surface area contributed by atoms with Gasteiger partial charge in [0.2, 0.25) is 0 Å². The molecule has 0 amide bonds. The summed E-state index contributed by atoms with van der Waals surface area (Å²) in [7, 11) is 0. The highest BCUT2D eigenvalue weighted by Gasteiger charge is 2.30. The molecule has 0 aromatic heterocycles. The molecule has 26 heavy (non-hydrogen) atoms. The molecule has 0 atom stereocenters. The van der Waals surface area contributed by atoms with Crippen LogP contribution in [0.15, 0.2) is 47.5 Å². The highest BCUT2D eigenvalue weighted by Crippen LogP contribution is 2.40. The minimum Gasteiger partial charge on any atom is -0.362 e. The first-order chi connectivity index (χ1) is 12.3. The van der Waals surface area contributed by atoms with Crippen molar-refractivity contribution in [2.45, 2.75) is 53.5 Å². The molecule has 0 spiro atoms. The van der Waals surface area contributed by atoms with Crippen molar-refractivity contribution < 1.29 is 0 Å². The molecule has 0 N–H and O–H groups in total. The van der Waals surface area contributed by atoms with Crippen molar-refractivity contribution in [1.82, 2.24) is 0 Å². The smallest absolute Gasteiger partial charge is 0.0659 e. The summed E-state index contributed by atoms with van der Waals surface area (Å²) >= 11 is 0. The number of aliphatic imine (C=N–C) groups is 1. The van der Waals surface area contributed by atoms with E-state index in [9.17, 15) is 0 Å². The third kappa shape index (κ3) is 3.46. The van der Waals surface area contributed by atoms with Crippen LogP contribution in [-0.2, 0) is 0 Å². The topological polar surface area (TPSA) is 15.6 Å². The predicted molar refractivity (Wildman–Crippen MR) is 115 cm³/mol. The Morgan fingerprint density at radius 3 is 2.46 bits per heavy atom. The van der Waals surface area contributed by atoms with Crippen molar-refractivity contribution in [2.75, 3.05) is 11.4 Å². The third-order valence-electron chi connectivity index (χ3n) is 5.27. The van der Waals surface area contributed by atoms with E-state index >= 15 is 0 Å². The Kier molecular flexibility index (Phi) is 5.04. The van der Waals surface area contributed by atoms with Crippen molar-refractivity contribution in [1.29, 1.82) is 0 Å². The zero-order chi connectivity index (χ0) is 18.9. The third-order valence-corrected chi connectivity index (χ3v) is 5.27. The van der Waals surface area contributed by atoms with E-state index in [-0.39, 0.29) is 5.54 Å². The van der Waals surface area contributed by atoms with E-state index in [1.54, 1.807) is 0 Å². The van der Waals surface area contributed by atoms with Crippen LogP contribution in [0, 0.1) is 13.8 Å². The number of anilines is 1. The molecular weight excluding hydrogens is 316 g/mol. The van der Waals surface area contributed by atoms with Gasteiger partial charge < -0.3 is 4.90 Å². The Morgan fingerprint density at radius 1 is 1.04 bits per heavy atom. The fourth-order valence-corrected chi connectivity index (χ4v) is 3.86. The van der Waals surface area contributed by atoms with Crippen LogP contribution >= 0.6 is 0 Å². The van der Waals surface area contributed by atoms with Crippen LogP contribution in [0.4, 0.5) is 11.4 Å². The van der Waals surface area contributed by atoms with Crippen molar-refractivity contribution >= 4 is 23.2 Å². The van der Waals surface area contributed by atoms with Crippen molar-refractivity contribution in [3.8, 4) is 0 Å². The molecule has 2 aromatic carbocycles. The highest BCUT2D eigenvalue weighted by molar-refractivity contribution is 5.90. The van der Waals surface area contributed by atoms with Gasteiger partial charge in [-0.3, -0.25) is 4.99 Å². The summed E-state index contributed by atoms with van der Waals surface area (Å²) in [6.45, 7) is 14.4. The number of aryl methyl sites for hydroxylation is 2. The molecule has 1 aliphatic heterocycles. The molecule has 2 aromatic rings. The largest absolute Gasteiger partial charge is 0.362 e. The van der Waals surface area contributed by atoms with Gasteiger partial charge in [0.15, 0.2) is 0 Å². The monoisotopic (exact) mass is 346 g/mol. The Hall–Kier alpha value is -2.35. The van der Waals surface area contributed by atoms with Crippen LogP contribution in [-0.4, -0.2) is 18.3 Å². The second kappa shape index (κ2) is 7.11. The van der Waals surface area contributed by atoms with Gasteiger partial charge in [-0.1, -0.05) is 31.2 Å². The van der Waals surface area contributed by atoms with Crippen LogP contribution < -0.4 is 4.90 Å². The number of hydrogen-bond donors (Lipinski definition) is 0. The molecule has 3 rings (SSSR count). The molecular formula is C24H30N2. The van der Waals surface area contributed by atoms with Gasteiger partial charge in [-0.15, -0.1) is 0 Å². The maximum atomic E-state index is 4.74. The molecule has 0 unspecified atom stereocenters. The van der Waals surface area contributed by atoms with E-state index in [0.29, 0.717) is 0 Å². The summed E-state index contributed by atoms with van der Waals surface area (Å²) in [4.78, 5) is 7.27. The van der Waals surface area contributed by atoms with Crippen LogP contribution in [0.3, 0.4) is 0 Å². The first kappa shape index (κ1) is 18.4. The fraction of sp³-hybridized carbons (Fsp3) is 0.375. The molecule has 0 bridgehead atoms. The molecule has 0 radical (unpaired) electrons. The van der Waals surface area contributed by atoms with E-state index in [0.717, 1.165) is 18.7 Å². The number of hydrogen-bond acceptors (Lipinski definition) is 2. The van der Waals surface area contributed by atoms with E-state index < -0.39 is 0 Å². The summed E-state index contributed by atoms with van der Waals surface area (Å²) in [5.41, 5.74) is 8.77. The Bertz CT molecular complexity index is 872. The van der Waals surface area contributed by atoms with Gasteiger partial charge in [0, 0.05) is 24.0 Å². The van der Waals surface area contributed by atoms with Crippen molar-refractivity contribution in [2.24, 2.45) is 4.99 Å². The molecule has 0 saturated carbocycles. The van der Waals surface area contributed by atoms with Gasteiger partial charge in [-0.2, -0.15) is 0 Å². The van der Waals surface area contributed by atoms with Crippen LogP contribution in [0.1, 0.15) is 56.4 Å². The Morgan fingerprint density at radius 2 is 1.77 bits per heavy atom. The van der Waals surface area contributed by atoms with Crippen molar-refractivity contribution in [3.05, 3.63) is 64.7 Å². The van der Waals surface area contributed by atoms with E-state index in [1.807, 2.05) is 12.3 Å². The molecule has 1 aliphatic rings. The minimum atomic E-state index is 0.0519. The second-order valence-electron chi connectivity index (χ2n) is 7.90. The van der Waals surface area contributed by atoms with Crippen LogP contribution in [0.5, 0.6) is 0 Å². The average molecular weight is 347 g/mol. The minimum absolute atomic E-state index is 0.0519. The van der Waals surface area contributed by atoms with Crippen LogP contribution in [0.25, 0.3) is 5.57 Å². The number of benzene rings is 2. The number of nitrogens with zero attached hydrogens (tertiary/aromatic N) is 2. The Labute approximate surface area is 158 Å². The summed E-state index contributed by atoms with van der Waals surface area (Å²) in [5.74, 6) is 0. The van der Waals surface area contributed by atoms with Gasteiger partial charge in [-0.05, 0) is 81.5 Å². The zero-order valence-corrected chi connectivity index (χ0v) is 16.9. The molecule has 136 valence electrons. The van der Waals surface area contributed by atoms with Gasteiger partial charge in [0.05, 0.1) is 11.2 Å². The van der Waals surface area contributed by atoms with Gasteiger partial charge in [0.1, 0.15) is 0 Å². The van der Waals surface area contributed by atoms with E-state index in [2.05, 4.69) is 82.9 Å². The lowest BCUT2D eigenvalue weighted by Gasteiger charge is -2.43. The van der Waals surface area contributed by atoms with E-state index in [1.165, 1.54) is 33.5 Å². The fourth-order valence-electron chi connectivity index (χ4n) is 3.86.